The molecule has 166 valence electrons. The number of methoxy groups -OCH3 is 1. The van der Waals surface area contributed by atoms with Gasteiger partial charge in [-0.1, -0.05) is 19.1 Å². The number of nitro groups is 1. The van der Waals surface area contributed by atoms with Gasteiger partial charge in [0.25, 0.3) is 5.69 Å². The summed E-state index contributed by atoms with van der Waals surface area (Å²) in [4.78, 5) is 38.8. The standard InChI is InChI=1S/C23H22ClN3O5/c1-13-9-18-22(20(28)10-13)23(14-3-6-16(32-2)7-4-14)26(21(29)12-24)19-8-5-15(27(30)31)11-17(19)25-18/h3-8,11,13,23,25H,9-10,12H2,1-2H3. The molecule has 1 aliphatic carbocycles. The first kappa shape index (κ1) is 21.8. The first-order valence-electron chi connectivity index (χ1n) is 10.2. The Morgan fingerprint density at radius 3 is 2.59 bits per heavy atom. The Morgan fingerprint density at radius 2 is 1.97 bits per heavy atom. The van der Waals surface area contributed by atoms with Crippen molar-refractivity contribution in [3.05, 3.63) is 69.4 Å². The molecule has 1 amide bonds. The van der Waals surface area contributed by atoms with Crippen molar-refractivity contribution in [3.8, 4) is 5.75 Å². The third-order valence-corrected chi connectivity index (χ3v) is 6.02. The topological polar surface area (TPSA) is 102 Å². The number of allylic oxidation sites excluding steroid dienone is 1. The molecule has 0 bridgehead atoms. The van der Waals surface area contributed by atoms with Crippen molar-refractivity contribution >= 4 is 40.4 Å². The summed E-state index contributed by atoms with van der Waals surface area (Å²) in [6.07, 6.45) is 0.936. The third-order valence-electron chi connectivity index (χ3n) is 5.79. The number of benzene rings is 2. The molecule has 4 rings (SSSR count). The fourth-order valence-electron chi connectivity index (χ4n) is 4.38. The van der Waals surface area contributed by atoms with Crippen molar-refractivity contribution in [1.29, 1.82) is 0 Å². The Morgan fingerprint density at radius 1 is 1.25 bits per heavy atom. The van der Waals surface area contributed by atoms with Crippen molar-refractivity contribution in [3.63, 3.8) is 0 Å². The first-order valence-corrected chi connectivity index (χ1v) is 10.7. The zero-order chi connectivity index (χ0) is 23.0. The first-order chi connectivity index (χ1) is 15.3. The number of nitrogens with one attached hydrogen (secondary N) is 1. The average Bonchev–Trinajstić information content (AvgIpc) is 2.92. The number of nitro benzene ring substituents is 1. The van der Waals surface area contributed by atoms with Crippen LogP contribution in [0, 0.1) is 16.0 Å². The van der Waals surface area contributed by atoms with Gasteiger partial charge in [-0.2, -0.15) is 0 Å². The number of carbonyl (C=O) groups is 2. The lowest BCUT2D eigenvalue weighted by Gasteiger charge is -2.34. The number of halogens is 1. The number of Topliss-reactive ketones (excluding diaryl/α,β-unsaturated/α-hetero) is 1. The van der Waals surface area contributed by atoms with Gasteiger partial charge in [-0.3, -0.25) is 24.6 Å². The Kier molecular flexibility index (Phi) is 5.88. The highest BCUT2D eigenvalue weighted by Crippen LogP contribution is 2.46. The molecule has 32 heavy (non-hydrogen) atoms. The number of hydrogen-bond donors (Lipinski definition) is 1. The molecular weight excluding hydrogens is 434 g/mol. The second-order valence-electron chi connectivity index (χ2n) is 7.99. The van der Waals surface area contributed by atoms with Crippen LogP contribution in [0.5, 0.6) is 5.75 Å². The number of fused-ring (bicyclic) bond motifs is 1. The van der Waals surface area contributed by atoms with Gasteiger partial charge in [0.05, 0.1) is 29.4 Å². The molecular formula is C23H22ClN3O5. The van der Waals surface area contributed by atoms with Crippen LogP contribution in [0.15, 0.2) is 53.7 Å². The average molecular weight is 456 g/mol. The minimum Gasteiger partial charge on any atom is -0.497 e. The summed E-state index contributed by atoms with van der Waals surface area (Å²) in [6, 6.07) is 10.7. The van der Waals surface area contributed by atoms with Crippen LogP contribution in [-0.4, -0.2) is 29.6 Å². The van der Waals surface area contributed by atoms with Crippen molar-refractivity contribution < 1.29 is 19.2 Å². The molecule has 0 saturated heterocycles. The summed E-state index contributed by atoms with van der Waals surface area (Å²) in [5.74, 6) is -0.0467. The van der Waals surface area contributed by atoms with Crippen LogP contribution in [0.3, 0.4) is 0 Å². The quantitative estimate of drug-likeness (QED) is 0.411. The second kappa shape index (κ2) is 8.63. The van der Waals surface area contributed by atoms with E-state index in [0.29, 0.717) is 46.8 Å². The highest BCUT2D eigenvalue weighted by atomic mass is 35.5. The van der Waals surface area contributed by atoms with Gasteiger partial charge < -0.3 is 10.1 Å². The third kappa shape index (κ3) is 3.82. The van der Waals surface area contributed by atoms with Crippen molar-refractivity contribution in [2.24, 2.45) is 5.92 Å². The molecule has 0 saturated carbocycles. The van der Waals surface area contributed by atoms with Crippen LogP contribution in [0.4, 0.5) is 17.1 Å². The lowest BCUT2D eigenvalue weighted by atomic mass is 9.81. The van der Waals surface area contributed by atoms with Gasteiger partial charge in [-0.05, 0) is 36.1 Å². The highest BCUT2D eigenvalue weighted by molar-refractivity contribution is 6.30. The van der Waals surface area contributed by atoms with Crippen LogP contribution >= 0.6 is 11.6 Å². The minimum atomic E-state index is -0.725. The van der Waals surface area contributed by atoms with Crippen molar-refractivity contribution in [2.75, 3.05) is 23.2 Å². The smallest absolute Gasteiger partial charge is 0.271 e. The molecule has 1 N–H and O–H groups in total. The van der Waals surface area contributed by atoms with E-state index >= 15 is 0 Å². The van der Waals surface area contributed by atoms with E-state index in [1.165, 1.54) is 23.1 Å². The maximum atomic E-state index is 13.3. The summed E-state index contributed by atoms with van der Waals surface area (Å²) in [5.41, 5.74) is 2.56. The molecule has 0 fully saturated rings. The van der Waals surface area contributed by atoms with E-state index in [2.05, 4.69) is 5.32 Å². The van der Waals surface area contributed by atoms with Crippen LogP contribution in [-0.2, 0) is 9.59 Å². The zero-order valence-electron chi connectivity index (χ0n) is 17.6. The number of amides is 1. The highest BCUT2D eigenvalue weighted by Gasteiger charge is 2.40. The number of anilines is 2. The molecule has 2 unspecified atom stereocenters. The number of nitrogens with zero attached hydrogens (tertiary/aromatic N) is 2. The van der Waals surface area contributed by atoms with E-state index in [0.717, 1.165) is 0 Å². The van der Waals surface area contributed by atoms with Gasteiger partial charge in [0.15, 0.2) is 5.78 Å². The van der Waals surface area contributed by atoms with Gasteiger partial charge >= 0.3 is 0 Å². The fraction of sp³-hybridized carbons (Fsp3) is 0.304. The maximum Gasteiger partial charge on any atom is 0.271 e. The molecule has 0 aromatic heterocycles. The second-order valence-corrected chi connectivity index (χ2v) is 8.25. The lowest BCUT2D eigenvalue weighted by Crippen LogP contribution is -2.39. The molecule has 0 spiro atoms. The molecule has 8 nitrogen and oxygen atoms in total. The Labute approximate surface area is 190 Å². The summed E-state index contributed by atoms with van der Waals surface area (Å²) >= 11 is 5.98. The van der Waals surface area contributed by atoms with Crippen molar-refractivity contribution in [1.82, 2.24) is 0 Å². The van der Waals surface area contributed by atoms with Crippen LogP contribution in [0.1, 0.15) is 31.4 Å². The zero-order valence-corrected chi connectivity index (χ0v) is 18.4. The normalized spacial score (nSPS) is 20.1. The Balaban J connectivity index is 1.99. The molecule has 2 aromatic rings. The van der Waals surface area contributed by atoms with E-state index in [1.807, 2.05) is 19.1 Å². The molecule has 1 heterocycles. The minimum absolute atomic E-state index is 0.0678. The van der Waals surface area contributed by atoms with Crippen LogP contribution in [0.2, 0.25) is 0 Å². The summed E-state index contributed by atoms with van der Waals surface area (Å²) in [6.45, 7) is 1.98. The van der Waals surface area contributed by atoms with Gasteiger partial charge in [0.1, 0.15) is 11.6 Å². The van der Waals surface area contributed by atoms with E-state index in [4.69, 9.17) is 16.3 Å². The van der Waals surface area contributed by atoms with E-state index < -0.39 is 16.9 Å². The monoisotopic (exact) mass is 455 g/mol. The number of carbonyl (C=O) groups excluding carboxylic acids is 2. The van der Waals surface area contributed by atoms with Crippen LogP contribution in [0.25, 0.3) is 0 Å². The fourth-order valence-corrected chi connectivity index (χ4v) is 4.51. The summed E-state index contributed by atoms with van der Waals surface area (Å²) < 4.78 is 5.25. The Hall–Kier alpha value is -3.39. The molecule has 2 aromatic carbocycles. The van der Waals surface area contributed by atoms with E-state index in [-0.39, 0.29) is 23.3 Å². The van der Waals surface area contributed by atoms with E-state index in [9.17, 15) is 19.7 Å². The molecule has 1 aliphatic heterocycles. The number of ketones is 1. The largest absolute Gasteiger partial charge is 0.497 e. The number of ether oxygens (including phenoxy) is 1. The van der Waals surface area contributed by atoms with Gasteiger partial charge in [0.2, 0.25) is 5.91 Å². The van der Waals surface area contributed by atoms with Gasteiger partial charge in [-0.25, -0.2) is 0 Å². The van der Waals surface area contributed by atoms with Gasteiger partial charge in [0, 0.05) is 29.8 Å². The molecule has 2 atom stereocenters. The maximum absolute atomic E-state index is 13.3. The molecule has 0 radical (unpaired) electrons. The number of alkyl halides is 1. The number of rotatable bonds is 4. The van der Waals surface area contributed by atoms with Crippen LogP contribution < -0.4 is 15.0 Å². The summed E-state index contributed by atoms with van der Waals surface area (Å²) in [7, 11) is 1.56. The SMILES string of the molecule is COc1ccc(C2C3=C(CC(C)CC3=O)Nc3cc([N+](=O)[O-])ccc3N2C(=O)CCl)cc1. The predicted octanol–water partition coefficient (Wildman–Crippen LogP) is 4.60. The van der Waals surface area contributed by atoms with Gasteiger partial charge in [-0.15, -0.1) is 11.6 Å². The molecule has 2 aliphatic rings. The molecule has 9 heteroatoms. The van der Waals surface area contributed by atoms with Crippen molar-refractivity contribution in [2.45, 2.75) is 25.8 Å². The summed E-state index contributed by atoms with van der Waals surface area (Å²) in [5, 5.41) is 14.6. The lowest BCUT2D eigenvalue weighted by molar-refractivity contribution is -0.384. The number of non-ortho nitro benzene ring substituents is 1. The Bertz CT molecular complexity index is 1130. The number of hydrogen-bond acceptors (Lipinski definition) is 6. The van der Waals surface area contributed by atoms with E-state index in [1.54, 1.807) is 19.2 Å². The predicted molar refractivity (Wildman–Crippen MR) is 121 cm³/mol.